The number of benzene rings is 1. The number of anilines is 1. The van der Waals surface area contributed by atoms with E-state index in [0.29, 0.717) is 17.3 Å². The predicted octanol–water partition coefficient (Wildman–Crippen LogP) is 1.39. The lowest BCUT2D eigenvalue weighted by Crippen LogP contribution is -2.34. The van der Waals surface area contributed by atoms with Gasteiger partial charge in [-0.2, -0.15) is 0 Å². The van der Waals surface area contributed by atoms with Gasteiger partial charge >= 0.3 is 0 Å². The lowest BCUT2D eigenvalue weighted by Gasteiger charge is -2.27. The fourth-order valence-electron chi connectivity index (χ4n) is 1.54. The summed E-state index contributed by atoms with van der Waals surface area (Å²) in [6.45, 7) is 0.566. The predicted molar refractivity (Wildman–Crippen MR) is 58.2 cm³/mol. The summed E-state index contributed by atoms with van der Waals surface area (Å²) in [6.07, 6.45) is -0.0487. The second-order valence-corrected chi connectivity index (χ2v) is 3.81. The first-order valence-corrected chi connectivity index (χ1v) is 5.02. The van der Waals surface area contributed by atoms with Crippen LogP contribution in [-0.4, -0.2) is 18.6 Å². The zero-order chi connectivity index (χ0) is 10.8. The van der Waals surface area contributed by atoms with E-state index in [9.17, 15) is 4.79 Å². The molecule has 80 valence electrons. The van der Waals surface area contributed by atoms with Crippen molar-refractivity contribution >= 4 is 23.2 Å². The highest BCUT2D eigenvalue weighted by Gasteiger charge is 2.22. The third-order valence-corrected chi connectivity index (χ3v) is 2.50. The topological polar surface area (TPSA) is 64.4 Å². The van der Waals surface area contributed by atoms with E-state index in [1.54, 1.807) is 6.07 Å². The van der Waals surface area contributed by atoms with Crippen LogP contribution in [0.25, 0.3) is 0 Å². The molecular weight excluding hydrogens is 216 g/mol. The van der Waals surface area contributed by atoms with Gasteiger partial charge in [0.25, 0.3) is 0 Å². The number of amides is 1. The van der Waals surface area contributed by atoms with Crippen LogP contribution < -0.4 is 15.8 Å². The number of ether oxygens (including phenoxy) is 1. The molecule has 1 unspecified atom stereocenters. The first kappa shape index (κ1) is 10.1. The second-order valence-electron chi connectivity index (χ2n) is 3.41. The lowest BCUT2D eigenvalue weighted by atomic mass is 10.2. The molecule has 1 aliphatic rings. The Balaban J connectivity index is 2.18. The van der Waals surface area contributed by atoms with Crippen LogP contribution in [0.4, 0.5) is 5.69 Å². The number of nitrogens with one attached hydrogen (secondary N) is 1. The van der Waals surface area contributed by atoms with Crippen LogP contribution >= 0.6 is 11.6 Å². The minimum Gasteiger partial charge on any atom is -0.484 e. The number of para-hydroxylation sites is 1. The Morgan fingerprint density at radius 3 is 3.20 bits per heavy atom. The van der Waals surface area contributed by atoms with Gasteiger partial charge in [0.15, 0.2) is 5.75 Å². The molecule has 1 aromatic carbocycles. The van der Waals surface area contributed by atoms with Crippen molar-refractivity contribution in [3.05, 3.63) is 23.2 Å². The summed E-state index contributed by atoms with van der Waals surface area (Å²) in [5.41, 5.74) is 5.95. The highest BCUT2D eigenvalue weighted by atomic mass is 35.5. The molecule has 2 rings (SSSR count). The van der Waals surface area contributed by atoms with E-state index in [0.717, 1.165) is 5.69 Å². The zero-order valence-corrected chi connectivity index (χ0v) is 8.75. The molecule has 0 saturated heterocycles. The molecule has 15 heavy (non-hydrogen) atoms. The van der Waals surface area contributed by atoms with Gasteiger partial charge in [0.1, 0.15) is 6.10 Å². The first-order valence-electron chi connectivity index (χ1n) is 4.64. The Labute approximate surface area is 92.4 Å². The molecule has 1 atom stereocenters. The Hall–Kier alpha value is -1.42. The van der Waals surface area contributed by atoms with Gasteiger partial charge in [-0.15, -0.1) is 0 Å². The fraction of sp³-hybridized carbons (Fsp3) is 0.300. The van der Waals surface area contributed by atoms with Crippen molar-refractivity contribution in [1.29, 1.82) is 0 Å². The standard InChI is InChI=1S/C10H11ClN2O2/c11-7-2-1-3-8-10(7)15-6(5-13-8)4-9(12)14/h1-3,6,13H,4-5H2,(H2,12,14). The van der Waals surface area contributed by atoms with Gasteiger partial charge in [-0.25, -0.2) is 0 Å². The van der Waals surface area contributed by atoms with E-state index in [2.05, 4.69) is 5.32 Å². The van der Waals surface area contributed by atoms with E-state index in [1.165, 1.54) is 0 Å². The maximum Gasteiger partial charge on any atom is 0.221 e. The van der Waals surface area contributed by atoms with E-state index < -0.39 is 0 Å². The van der Waals surface area contributed by atoms with Crippen LogP contribution in [-0.2, 0) is 4.79 Å². The number of halogens is 1. The van der Waals surface area contributed by atoms with Crippen molar-refractivity contribution in [3.8, 4) is 5.75 Å². The highest BCUT2D eigenvalue weighted by Crippen LogP contribution is 2.36. The Morgan fingerprint density at radius 2 is 2.47 bits per heavy atom. The van der Waals surface area contributed by atoms with E-state index in [-0.39, 0.29) is 18.4 Å². The molecule has 1 heterocycles. The second kappa shape index (κ2) is 3.98. The summed E-state index contributed by atoms with van der Waals surface area (Å²) in [4.78, 5) is 10.7. The van der Waals surface area contributed by atoms with Crippen molar-refractivity contribution in [2.45, 2.75) is 12.5 Å². The van der Waals surface area contributed by atoms with Crippen LogP contribution in [0.2, 0.25) is 5.02 Å². The monoisotopic (exact) mass is 226 g/mol. The molecule has 0 saturated carbocycles. The van der Waals surface area contributed by atoms with Crippen molar-refractivity contribution in [2.75, 3.05) is 11.9 Å². The molecule has 0 aromatic heterocycles. The number of fused-ring (bicyclic) bond motifs is 1. The van der Waals surface area contributed by atoms with Gasteiger partial charge in [0.05, 0.1) is 23.7 Å². The maximum absolute atomic E-state index is 10.7. The van der Waals surface area contributed by atoms with Gasteiger partial charge in [0.2, 0.25) is 5.91 Å². The highest BCUT2D eigenvalue weighted by molar-refractivity contribution is 6.32. The number of rotatable bonds is 2. The van der Waals surface area contributed by atoms with Gasteiger partial charge in [-0.05, 0) is 12.1 Å². The molecule has 5 heteroatoms. The van der Waals surface area contributed by atoms with Gasteiger partial charge in [-0.1, -0.05) is 17.7 Å². The van der Waals surface area contributed by atoms with Crippen molar-refractivity contribution in [2.24, 2.45) is 5.73 Å². The molecular formula is C10H11ClN2O2. The molecule has 1 aliphatic heterocycles. The van der Waals surface area contributed by atoms with Crippen LogP contribution in [0, 0.1) is 0 Å². The summed E-state index contributed by atoms with van der Waals surface area (Å²) in [5.74, 6) is 0.217. The van der Waals surface area contributed by atoms with E-state index in [1.807, 2.05) is 12.1 Å². The molecule has 0 bridgehead atoms. The number of primary amides is 1. The van der Waals surface area contributed by atoms with Crippen LogP contribution in [0.1, 0.15) is 6.42 Å². The third kappa shape index (κ3) is 2.15. The molecule has 1 aromatic rings. The van der Waals surface area contributed by atoms with Gasteiger partial charge < -0.3 is 15.8 Å². The van der Waals surface area contributed by atoms with Crippen LogP contribution in [0.15, 0.2) is 18.2 Å². The number of carbonyl (C=O) groups is 1. The number of hydrogen-bond acceptors (Lipinski definition) is 3. The molecule has 0 radical (unpaired) electrons. The quantitative estimate of drug-likeness (QED) is 0.801. The number of hydrogen-bond donors (Lipinski definition) is 2. The summed E-state index contributed by atoms with van der Waals surface area (Å²) >= 11 is 5.96. The summed E-state index contributed by atoms with van der Waals surface area (Å²) in [7, 11) is 0. The Morgan fingerprint density at radius 1 is 1.67 bits per heavy atom. The van der Waals surface area contributed by atoms with Crippen molar-refractivity contribution in [1.82, 2.24) is 0 Å². The molecule has 1 amide bonds. The number of carbonyl (C=O) groups excluding carboxylic acids is 1. The zero-order valence-electron chi connectivity index (χ0n) is 8.00. The third-order valence-electron chi connectivity index (χ3n) is 2.20. The average Bonchev–Trinajstić information content (AvgIpc) is 2.18. The largest absolute Gasteiger partial charge is 0.484 e. The summed E-state index contributed by atoms with van der Waals surface area (Å²) in [6, 6.07) is 5.46. The minimum atomic E-state index is -0.377. The van der Waals surface area contributed by atoms with Crippen LogP contribution in [0.3, 0.4) is 0 Å². The fourth-order valence-corrected chi connectivity index (χ4v) is 1.76. The normalized spacial score (nSPS) is 18.6. The molecule has 0 aliphatic carbocycles. The van der Waals surface area contributed by atoms with Crippen molar-refractivity contribution in [3.63, 3.8) is 0 Å². The smallest absolute Gasteiger partial charge is 0.221 e. The SMILES string of the molecule is NC(=O)CC1CNc2cccc(Cl)c2O1. The maximum atomic E-state index is 10.7. The van der Waals surface area contributed by atoms with Gasteiger partial charge in [-0.3, -0.25) is 4.79 Å². The molecule has 0 spiro atoms. The van der Waals surface area contributed by atoms with Crippen LogP contribution in [0.5, 0.6) is 5.75 Å². The molecule has 3 N–H and O–H groups in total. The first-order chi connectivity index (χ1) is 7.16. The number of nitrogens with two attached hydrogens (primary N) is 1. The molecule has 0 fully saturated rings. The summed E-state index contributed by atoms with van der Waals surface area (Å²) < 4.78 is 5.58. The average molecular weight is 227 g/mol. The Kier molecular flexibility index (Phi) is 2.68. The molecule has 4 nitrogen and oxygen atoms in total. The Bertz CT molecular complexity index is 395. The van der Waals surface area contributed by atoms with E-state index in [4.69, 9.17) is 22.1 Å². The summed E-state index contributed by atoms with van der Waals surface area (Å²) in [5, 5.41) is 3.68. The van der Waals surface area contributed by atoms with Crippen molar-refractivity contribution < 1.29 is 9.53 Å². The van der Waals surface area contributed by atoms with E-state index >= 15 is 0 Å². The van der Waals surface area contributed by atoms with Gasteiger partial charge in [0, 0.05) is 0 Å². The lowest BCUT2D eigenvalue weighted by molar-refractivity contribution is -0.119. The minimum absolute atomic E-state index is 0.192.